The molecule has 4 rings (SSSR count). The van der Waals surface area contributed by atoms with Crippen molar-refractivity contribution in [2.75, 3.05) is 4.90 Å². The van der Waals surface area contributed by atoms with Crippen LogP contribution >= 0.6 is 0 Å². The van der Waals surface area contributed by atoms with E-state index in [1.165, 1.54) is 4.90 Å². The zero-order chi connectivity index (χ0) is 24.1. The summed E-state index contributed by atoms with van der Waals surface area (Å²) in [6.45, 7) is 5.86. The van der Waals surface area contributed by atoms with Gasteiger partial charge in [-0.05, 0) is 50.6 Å². The molecule has 0 spiro atoms. The number of fused-ring (bicyclic) bond motifs is 1. The first kappa shape index (κ1) is 23.1. The molecule has 0 radical (unpaired) electrons. The van der Waals surface area contributed by atoms with Gasteiger partial charge in [-0.3, -0.25) is 19.5 Å². The zero-order valence-electron chi connectivity index (χ0n) is 19.5. The van der Waals surface area contributed by atoms with E-state index >= 15 is 0 Å². The highest BCUT2D eigenvalue weighted by Crippen LogP contribution is 2.29. The van der Waals surface area contributed by atoms with Crippen LogP contribution in [0.5, 0.6) is 0 Å². The van der Waals surface area contributed by atoms with E-state index in [1.807, 2.05) is 81.4 Å². The second kappa shape index (κ2) is 9.82. The van der Waals surface area contributed by atoms with Gasteiger partial charge in [-0.25, -0.2) is 4.68 Å². The van der Waals surface area contributed by atoms with E-state index in [0.29, 0.717) is 16.8 Å². The second-order valence-electron chi connectivity index (χ2n) is 8.75. The third-order valence-corrected chi connectivity index (χ3v) is 5.86. The fourth-order valence-electron chi connectivity index (χ4n) is 3.71. The molecule has 0 saturated carbocycles. The van der Waals surface area contributed by atoms with E-state index in [9.17, 15) is 9.59 Å². The second-order valence-corrected chi connectivity index (χ2v) is 8.75. The molecule has 1 atom stereocenters. The maximum absolute atomic E-state index is 13.8. The predicted molar refractivity (Wildman–Crippen MR) is 131 cm³/mol. The maximum atomic E-state index is 13.8. The number of carbonyl (C=O) groups excluding carboxylic acids is 2. The van der Waals surface area contributed by atoms with Crippen LogP contribution in [0.4, 0.5) is 5.69 Å². The van der Waals surface area contributed by atoms with Gasteiger partial charge < -0.3 is 5.32 Å². The number of pyridine rings is 1. The lowest BCUT2D eigenvalue weighted by Crippen LogP contribution is -2.51. The lowest BCUT2D eigenvalue weighted by atomic mass is 9.99. The summed E-state index contributed by atoms with van der Waals surface area (Å²) in [7, 11) is 0. The molecule has 2 aromatic heterocycles. The topological polar surface area (TPSA) is 93.0 Å². The van der Waals surface area contributed by atoms with Crippen molar-refractivity contribution in [2.24, 2.45) is 0 Å². The molecule has 34 heavy (non-hydrogen) atoms. The average molecular weight is 457 g/mol. The van der Waals surface area contributed by atoms with Gasteiger partial charge in [0.05, 0.1) is 5.52 Å². The highest BCUT2D eigenvalue weighted by Gasteiger charge is 2.35. The van der Waals surface area contributed by atoms with Gasteiger partial charge in [-0.1, -0.05) is 48.5 Å². The van der Waals surface area contributed by atoms with Gasteiger partial charge in [0.2, 0.25) is 11.8 Å². The third kappa shape index (κ3) is 4.96. The summed E-state index contributed by atoms with van der Waals surface area (Å²) in [5, 5.41) is 11.4. The number of nitrogens with one attached hydrogen (secondary N) is 1. The van der Waals surface area contributed by atoms with Gasteiger partial charge in [0.15, 0.2) is 0 Å². The molecule has 2 amide bonds. The smallest absolute Gasteiger partial charge is 0.249 e. The third-order valence-electron chi connectivity index (χ3n) is 5.86. The minimum absolute atomic E-state index is 0.0728. The number of anilines is 1. The van der Waals surface area contributed by atoms with Crippen molar-refractivity contribution in [3.05, 3.63) is 84.7 Å². The van der Waals surface area contributed by atoms with Crippen LogP contribution in [0.3, 0.4) is 0 Å². The van der Waals surface area contributed by atoms with E-state index in [4.69, 9.17) is 0 Å². The summed E-state index contributed by atoms with van der Waals surface area (Å²) in [4.78, 5) is 33.3. The monoisotopic (exact) mass is 456 g/mol. The molecule has 174 valence electrons. The molecule has 0 fully saturated rings. The molecule has 2 aromatic carbocycles. The first-order chi connectivity index (χ1) is 16.4. The fraction of sp³-hybridized carbons (Fsp3) is 0.269. The Labute approximate surface area is 198 Å². The number of hydrogen-bond acceptors (Lipinski definition) is 5. The number of aromatic nitrogens is 4. The zero-order valence-corrected chi connectivity index (χ0v) is 19.5. The van der Waals surface area contributed by atoms with E-state index < -0.39 is 11.6 Å². The van der Waals surface area contributed by atoms with Gasteiger partial charge >= 0.3 is 0 Å². The quantitative estimate of drug-likeness (QED) is 0.434. The molecule has 4 aromatic rings. The summed E-state index contributed by atoms with van der Waals surface area (Å²) < 4.78 is 1.56. The molecule has 0 saturated heterocycles. The van der Waals surface area contributed by atoms with Gasteiger partial charge in [-0.2, -0.15) is 0 Å². The van der Waals surface area contributed by atoms with E-state index in [2.05, 4.69) is 20.6 Å². The summed E-state index contributed by atoms with van der Waals surface area (Å²) in [6.07, 6.45) is 4.00. The Morgan fingerprint density at radius 1 is 1.03 bits per heavy atom. The largest absolute Gasteiger partial charge is 0.349 e. The molecule has 2 heterocycles. The average Bonchev–Trinajstić information content (AvgIpc) is 3.25. The minimum atomic E-state index is -0.913. The molecule has 0 bridgehead atoms. The van der Waals surface area contributed by atoms with Crippen molar-refractivity contribution in [3.8, 4) is 0 Å². The SMILES string of the molecule is CCC(C)(C)NC(=O)C(c1cccnc1)N(C(=O)Cn1nnc2ccccc21)c1ccccc1. The van der Waals surface area contributed by atoms with Crippen LogP contribution in [-0.4, -0.2) is 37.3 Å². The molecule has 1 unspecified atom stereocenters. The molecule has 8 nitrogen and oxygen atoms in total. The number of para-hydroxylation sites is 2. The van der Waals surface area contributed by atoms with Gasteiger partial charge in [0, 0.05) is 29.2 Å². The predicted octanol–water partition coefficient (Wildman–Crippen LogP) is 3.91. The molecule has 0 aliphatic heterocycles. The molecule has 1 N–H and O–H groups in total. The van der Waals surface area contributed by atoms with Crippen LogP contribution in [0, 0.1) is 0 Å². The van der Waals surface area contributed by atoms with Crippen LogP contribution in [0.15, 0.2) is 79.1 Å². The van der Waals surface area contributed by atoms with Crippen LogP contribution < -0.4 is 10.2 Å². The number of carbonyl (C=O) groups is 2. The first-order valence-electron chi connectivity index (χ1n) is 11.3. The summed E-state index contributed by atoms with van der Waals surface area (Å²) in [6, 6.07) is 19.3. The van der Waals surface area contributed by atoms with Crippen LogP contribution in [0.25, 0.3) is 11.0 Å². The van der Waals surface area contributed by atoms with Crippen molar-refractivity contribution < 1.29 is 9.59 Å². The molecule has 0 aliphatic rings. The van der Waals surface area contributed by atoms with E-state index in [1.54, 1.807) is 23.1 Å². The van der Waals surface area contributed by atoms with Crippen molar-refractivity contribution in [1.82, 2.24) is 25.3 Å². The number of amides is 2. The Balaban J connectivity index is 1.78. The Morgan fingerprint density at radius 2 is 1.76 bits per heavy atom. The molecular weight excluding hydrogens is 428 g/mol. The minimum Gasteiger partial charge on any atom is -0.349 e. The highest BCUT2D eigenvalue weighted by atomic mass is 16.2. The fourth-order valence-corrected chi connectivity index (χ4v) is 3.71. The summed E-state index contributed by atoms with van der Waals surface area (Å²) in [5.74, 6) is -0.569. The Hall–Kier alpha value is -4.07. The maximum Gasteiger partial charge on any atom is 0.249 e. The molecule has 0 aliphatic carbocycles. The van der Waals surface area contributed by atoms with Crippen molar-refractivity contribution in [2.45, 2.75) is 45.3 Å². The van der Waals surface area contributed by atoms with Crippen LogP contribution in [0.2, 0.25) is 0 Å². The summed E-state index contributed by atoms with van der Waals surface area (Å²) >= 11 is 0. The van der Waals surface area contributed by atoms with Gasteiger partial charge in [0.1, 0.15) is 18.1 Å². The van der Waals surface area contributed by atoms with Crippen molar-refractivity contribution in [1.29, 1.82) is 0 Å². The molecule has 8 heteroatoms. The Bertz CT molecular complexity index is 1270. The lowest BCUT2D eigenvalue weighted by Gasteiger charge is -2.34. The first-order valence-corrected chi connectivity index (χ1v) is 11.3. The number of nitrogens with zero attached hydrogens (tertiary/aromatic N) is 5. The standard InChI is InChI=1S/C26H28N6O2/c1-4-26(2,3)28-25(34)24(19-11-10-16-27-17-19)32(20-12-6-5-7-13-20)23(33)18-31-22-15-9-8-14-21(22)29-30-31/h5-17,24H,4,18H2,1-3H3,(H,28,34). The number of benzene rings is 2. The number of rotatable bonds is 8. The summed E-state index contributed by atoms with van der Waals surface area (Å²) in [5.41, 5.74) is 2.24. The number of hydrogen-bond donors (Lipinski definition) is 1. The normalized spacial score (nSPS) is 12.3. The van der Waals surface area contributed by atoms with E-state index in [-0.39, 0.29) is 18.4 Å². The van der Waals surface area contributed by atoms with E-state index in [0.717, 1.165) is 11.9 Å². The van der Waals surface area contributed by atoms with Crippen LogP contribution in [-0.2, 0) is 16.1 Å². The van der Waals surface area contributed by atoms with Crippen molar-refractivity contribution >= 4 is 28.5 Å². The van der Waals surface area contributed by atoms with Crippen LogP contribution in [0.1, 0.15) is 38.8 Å². The highest BCUT2D eigenvalue weighted by molar-refractivity contribution is 6.01. The van der Waals surface area contributed by atoms with Gasteiger partial charge in [-0.15, -0.1) is 5.10 Å². The lowest BCUT2D eigenvalue weighted by molar-refractivity contribution is -0.128. The van der Waals surface area contributed by atoms with Crippen molar-refractivity contribution in [3.63, 3.8) is 0 Å². The molecular formula is C26H28N6O2. The Morgan fingerprint density at radius 3 is 2.47 bits per heavy atom. The van der Waals surface area contributed by atoms with Gasteiger partial charge in [0.25, 0.3) is 0 Å². The Kier molecular flexibility index (Phi) is 6.67.